The fourth-order valence-electron chi connectivity index (χ4n) is 1.63. The second kappa shape index (κ2) is 9.10. The Bertz CT molecular complexity index is 463. The van der Waals surface area contributed by atoms with E-state index in [4.69, 9.17) is 9.84 Å². The van der Waals surface area contributed by atoms with Crippen molar-refractivity contribution in [3.63, 3.8) is 0 Å². The molecule has 0 unspecified atom stereocenters. The fourth-order valence-corrected chi connectivity index (χ4v) is 2.08. The van der Waals surface area contributed by atoms with E-state index in [-0.39, 0.29) is 12.2 Å². The average Bonchev–Trinajstić information content (AvgIpc) is 2.41. The molecule has 0 saturated heterocycles. The highest BCUT2D eigenvalue weighted by atomic mass is 79.9. The molecule has 1 heterocycles. The van der Waals surface area contributed by atoms with E-state index in [9.17, 15) is 4.79 Å². The first-order valence-electron chi connectivity index (χ1n) is 6.74. The molecule has 2 N–H and O–H groups in total. The normalized spacial score (nSPS) is 11.1. The van der Waals surface area contributed by atoms with E-state index in [1.807, 2.05) is 13.8 Å². The highest BCUT2D eigenvalue weighted by Gasteiger charge is 2.09. The van der Waals surface area contributed by atoms with Gasteiger partial charge in [-0.25, -0.2) is 4.68 Å². The van der Waals surface area contributed by atoms with Gasteiger partial charge in [-0.05, 0) is 28.3 Å². The highest BCUT2D eigenvalue weighted by molar-refractivity contribution is 9.10. The number of aromatic nitrogens is 2. The van der Waals surface area contributed by atoms with Gasteiger partial charge in [0.15, 0.2) is 0 Å². The molecule has 0 amide bonds. The Balaban J connectivity index is 2.51. The summed E-state index contributed by atoms with van der Waals surface area (Å²) in [6.45, 7) is 6.34. The molecule has 0 aliphatic rings. The minimum atomic E-state index is -0.125. The molecule has 20 heavy (non-hydrogen) atoms. The number of hydrogen-bond donors (Lipinski definition) is 2. The maximum Gasteiger partial charge on any atom is 0.283 e. The van der Waals surface area contributed by atoms with Gasteiger partial charge in [0.1, 0.15) is 4.47 Å². The minimum absolute atomic E-state index is 0.0387. The van der Waals surface area contributed by atoms with E-state index in [2.05, 4.69) is 26.3 Å². The van der Waals surface area contributed by atoms with Crippen LogP contribution in [0, 0.1) is 5.92 Å². The summed E-state index contributed by atoms with van der Waals surface area (Å²) in [5.41, 5.74) is 0.567. The van der Waals surface area contributed by atoms with Crippen LogP contribution in [0.25, 0.3) is 0 Å². The van der Waals surface area contributed by atoms with Gasteiger partial charge in [0.05, 0.1) is 25.1 Å². The van der Waals surface area contributed by atoms with Crippen LogP contribution >= 0.6 is 15.9 Å². The molecule has 1 rings (SSSR count). The van der Waals surface area contributed by atoms with Crippen molar-refractivity contribution in [1.82, 2.24) is 9.78 Å². The molecular formula is C13H22BrN3O3. The van der Waals surface area contributed by atoms with Crippen LogP contribution in [0.5, 0.6) is 0 Å². The number of ether oxygens (including phenoxy) is 1. The molecule has 7 heteroatoms. The summed E-state index contributed by atoms with van der Waals surface area (Å²) in [6, 6.07) is 0. The number of hydrogen-bond acceptors (Lipinski definition) is 5. The van der Waals surface area contributed by atoms with Crippen molar-refractivity contribution in [2.24, 2.45) is 5.92 Å². The lowest BCUT2D eigenvalue weighted by molar-refractivity contribution is 0.0922. The second-order valence-corrected chi connectivity index (χ2v) is 5.66. The first kappa shape index (κ1) is 17.1. The monoisotopic (exact) mass is 347 g/mol. The van der Waals surface area contributed by atoms with Crippen molar-refractivity contribution in [3.05, 3.63) is 21.0 Å². The minimum Gasteiger partial charge on any atom is -0.394 e. The van der Waals surface area contributed by atoms with Crippen LogP contribution in [-0.2, 0) is 11.3 Å². The number of aliphatic hydroxyl groups excluding tert-OH is 1. The lowest BCUT2D eigenvalue weighted by atomic mass is 10.2. The molecule has 114 valence electrons. The lowest BCUT2D eigenvalue weighted by Crippen LogP contribution is -2.26. The Hall–Kier alpha value is -0.920. The molecular weight excluding hydrogens is 326 g/mol. The summed E-state index contributed by atoms with van der Waals surface area (Å²) in [6.07, 6.45) is 2.45. The standard InChI is InChI=1S/C13H22BrN3O3/c1-10(2)9-17-13(19)12(14)11(8-16-17)15-4-3-6-20-7-5-18/h8,10,15,18H,3-7,9H2,1-2H3. The van der Waals surface area contributed by atoms with Crippen LogP contribution < -0.4 is 10.9 Å². The third-order valence-electron chi connectivity index (χ3n) is 2.54. The summed E-state index contributed by atoms with van der Waals surface area (Å²) in [5, 5.41) is 15.9. The summed E-state index contributed by atoms with van der Waals surface area (Å²) < 4.78 is 7.12. The first-order valence-corrected chi connectivity index (χ1v) is 7.53. The number of halogens is 1. The predicted molar refractivity (Wildman–Crippen MR) is 82.0 cm³/mol. The van der Waals surface area contributed by atoms with E-state index in [1.54, 1.807) is 6.20 Å². The molecule has 1 aromatic rings. The van der Waals surface area contributed by atoms with Crippen LogP contribution in [0.15, 0.2) is 15.5 Å². The van der Waals surface area contributed by atoms with Crippen LogP contribution in [0.3, 0.4) is 0 Å². The number of nitrogens with one attached hydrogen (secondary N) is 1. The number of nitrogens with zero attached hydrogens (tertiary/aromatic N) is 2. The Labute approximate surface area is 127 Å². The molecule has 0 radical (unpaired) electrons. The summed E-state index contributed by atoms with van der Waals surface area (Å²) >= 11 is 3.31. The molecule has 0 aromatic carbocycles. The van der Waals surface area contributed by atoms with Gasteiger partial charge >= 0.3 is 0 Å². The maximum absolute atomic E-state index is 12.1. The molecule has 0 saturated carbocycles. The van der Waals surface area contributed by atoms with Gasteiger partial charge in [-0.3, -0.25) is 4.79 Å². The average molecular weight is 348 g/mol. The Kier molecular flexibility index (Phi) is 7.79. The second-order valence-electron chi connectivity index (χ2n) is 4.87. The van der Waals surface area contributed by atoms with Gasteiger partial charge in [0.2, 0.25) is 0 Å². The third kappa shape index (κ3) is 5.60. The van der Waals surface area contributed by atoms with Crippen molar-refractivity contribution in [1.29, 1.82) is 0 Å². The van der Waals surface area contributed by atoms with E-state index in [1.165, 1.54) is 4.68 Å². The molecule has 0 spiro atoms. The maximum atomic E-state index is 12.1. The summed E-state index contributed by atoms with van der Waals surface area (Å²) in [7, 11) is 0. The van der Waals surface area contributed by atoms with Crippen molar-refractivity contribution < 1.29 is 9.84 Å². The van der Waals surface area contributed by atoms with Gasteiger partial charge in [-0.2, -0.15) is 5.10 Å². The van der Waals surface area contributed by atoms with Gasteiger partial charge in [-0.1, -0.05) is 13.8 Å². The van der Waals surface area contributed by atoms with Gasteiger partial charge < -0.3 is 15.2 Å². The van der Waals surface area contributed by atoms with E-state index < -0.39 is 0 Å². The van der Waals surface area contributed by atoms with Crippen molar-refractivity contribution in [2.75, 3.05) is 31.7 Å². The largest absolute Gasteiger partial charge is 0.394 e. The predicted octanol–water partition coefficient (Wildman–Crippen LogP) is 1.47. The van der Waals surface area contributed by atoms with Gasteiger partial charge in [0, 0.05) is 19.7 Å². The molecule has 1 aromatic heterocycles. The topological polar surface area (TPSA) is 76.4 Å². The molecule has 0 bridgehead atoms. The van der Waals surface area contributed by atoms with Crippen molar-refractivity contribution in [2.45, 2.75) is 26.8 Å². The first-order chi connectivity index (χ1) is 9.56. The number of anilines is 1. The molecule has 0 atom stereocenters. The van der Waals surface area contributed by atoms with Gasteiger partial charge in [-0.15, -0.1) is 0 Å². The summed E-state index contributed by atoms with van der Waals surface area (Å²) in [5.74, 6) is 0.370. The zero-order valence-corrected chi connectivity index (χ0v) is 13.5. The van der Waals surface area contributed by atoms with E-state index >= 15 is 0 Å². The molecule has 0 fully saturated rings. The van der Waals surface area contributed by atoms with E-state index in [0.717, 1.165) is 6.42 Å². The zero-order chi connectivity index (χ0) is 15.0. The highest BCUT2D eigenvalue weighted by Crippen LogP contribution is 2.16. The van der Waals surface area contributed by atoms with Crippen molar-refractivity contribution >= 4 is 21.6 Å². The van der Waals surface area contributed by atoms with Gasteiger partial charge in [0.25, 0.3) is 5.56 Å². The molecule has 0 aliphatic heterocycles. The lowest BCUT2D eigenvalue weighted by Gasteiger charge is -2.11. The molecule has 6 nitrogen and oxygen atoms in total. The van der Waals surface area contributed by atoms with E-state index in [0.29, 0.717) is 42.4 Å². The Morgan fingerprint density at radius 1 is 1.50 bits per heavy atom. The number of rotatable bonds is 9. The summed E-state index contributed by atoms with van der Waals surface area (Å²) in [4.78, 5) is 12.1. The Morgan fingerprint density at radius 3 is 2.90 bits per heavy atom. The fraction of sp³-hybridized carbons (Fsp3) is 0.692. The quantitative estimate of drug-likeness (QED) is 0.661. The van der Waals surface area contributed by atoms with Crippen LogP contribution in [-0.4, -0.2) is 41.3 Å². The number of aliphatic hydroxyl groups is 1. The van der Waals surface area contributed by atoms with Crippen LogP contribution in [0.4, 0.5) is 5.69 Å². The van der Waals surface area contributed by atoms with Crippen molar-refractivity contribution in [3.8, 4) is 0 Å². The smallest absolute Gasteiger partial charge is 0.283 e. The Morgan fingerprint density at radius 2 is 2.25 bits per heavy atom. The van der Waals surface area contributed by atoms with Crippen LogP contribution in [0.2, 0.25) is 0 Å². The zero-order valence-electron chi connectivity index (χ0n) is 11.9. The molecule has 0 aliphatic carbocycles. The third-order valence-corrected chi connectivity index (χ3v) is 3.31. The SMILES string of the molecule is CC(C)Cn1ncc(NCCCOCCO)c(Br)c1=O. The van der Waals surface area contributed by atoms with Crippen LogP contribution in [0.1, 0.15) is 20.3 Å².